The van der Waals surface area contributed by atoms with Gasteiger partial charge in [-0.05, 0) is 19.3 Å². The quantitative estimate of drug-likeness (QED) is 0.0238. The van der Waals surface area contributed by atoms with E-state index in [0.29, 0.717) is 12.8 Å². The SMILES string of the molecule is CCCCCCCCCCCCCC(=O)OCC(COP(=O)(O)OP(=O)(O)OCC(CO)CCn1cnc2c(=O)[nH]c(N)nc21)OC(=O)CCCCCCCCCCCCC. The van der Waals surface area contributed by atoms with E-state index in [9.17, 15) is 38.4 Å². The molecule has 18 nitrogen and oxygen atoms in total. The Labute approximate surface area is 361 Å². The number of fused-ring (bicyclic) bond motifs is 1. The van der Waals surface area contributed by atoms with E-state index in [0.717, 1.165) is 44.9 Å². The first-order chi connectivity index (χ1) is 29.3. The van der Waals surface area contributed by atoms with Gasteiger partial charge in [-0.25, -0.2) is 14.1 Å². The van der Waals surface area contributed by atoms with Crippen LogP contribution in [-0.4, -0.2) is 78.9 Å². The number of imidazole rings is 1. The Hall–Kier alpha value is -2.69. The number of nitrogen functional groups attached to an aromatic ring is 1. The highest BCUT2D eigenvalue weighted by molar-refractivity contribution is 7.61. The average molecular weight is 908 g/mol. The molecule has 0 radical (unpaired) electrons. The smallest absolute Gasteiger partial charge is 0.462 e. The van der Waals surface area contributed by atoms with E-state index in [1.165, 1.54) is 94.4 Å². The predicted molar refractivity (Wildman–Crippen MR) is 233 cm³/mol. The van der Waals surface area contributed by atoms with Crippen molar-refractivity contribution in [2.45, 2.75) is 187 Å². The number of esters is 2. The number of hydrogen-bond acceptors (Lipinski definition) is 14. The normalized spacial score (nSPS) is 14.7. The maximum Gasteiger partial charge on any atom is 0.481 e. The number of hydrogen-bond donors (Lipinski definition) is 5. The third-order valence-corrected chi connectivity index (χ3v) is 12.9. The Morgan fingerprint density at radius 2 is 1.21 bits per heavy atom. The lowest BCUT2D eigenvalue weighted by Gasteiger charge is -2.21. The number of anilines is 1. The van der Waals surface area contributed by atoms with Gasteiger partial charge in [-0.3, -0.25) is 28.4 Å². The van der Waals surface area contributed by atoms with Crippen LogP contribution < -0.4 is 11.3 Å². The molecular weight excluding hydrogens is 832 g/mol. The second-order valence-corrected chi connectivity index (χ2v) is 18.9. The molecule has 0 amide bonds. The van der Waals surface area contributed by atoms with Crippen molar-refractivity contribution in [2.24, 2.45) is 5.92 Å². The third-order valence-electron chi connectivity index (χ3n) is 10.3. The topological polar surface area (TPSA) is 265 Å². The number of phosphoric ester groups is 2. The van der Waals surface area contributed by atoms with Gasteiger partial charge in [0.1, 0.15) is 6.61 Å². The van der Waals surface area contributed by atoms with Gasteiger partial charge in [0, 0.05) is 31.9 Å². The molecule has 2 heterocycles. The lowest BCUT2D eigenvalue weighted by molar-refractivity contribution is -0.161. The molecule has 0 fully saturated rings. The van der Waals surface area contributed by atoms with Crippen LogP contribution >= 0.6 is 15.6 Å². The predicted octanol–water partition coefficient (Wildman–Crippen LogP) is 8.81. The van der Waals surface area contributed by atoms with Crippen LogP contribution in [0.4, 0.5) is 5.95 Å². The second-order valence-electron chi connectivity index (χ2n) is 15.9. The number of aliphatic hydroxyl groups is 1. The van der Waals surface area contributed by atoms with Gasteiger partial charge in [0.25, 0.3) is 5.56 Å². The van der Waals surface area contributed by atoms with Crippen molar-refractivity contribution in [2.75, 3.05) is 32.2 Å². The number of nitrogens with zero attached hydrogens (tertiary/aromatic N) is 3. The minimum absolute atomic E-state index is 0.0528. The summed E-state index contributed by atoms with van der Waals surface area (Å²) >= 11 is 0. The van der Waals surface area contributed by atoms with Crippen molar-refractivity contribution in [3.05, 3.63) is 16.7 Å². The molecule has 0 bridgehead atoms. The van der Waals surface area contributed by atoms with Gasteiger partial charge in [-0.15, -0.1) is 0 Å². The number of unbranched alkanes of at least 4 members (excludes halogenated alkanes) is 20. The largest absolute Gasteiger partial charge is 0.481 e. The summed E-state index contributed by atoms with van der Waals surface area (Å²) in [6.45, 7) is 2.24. The number of aromatic nitrogens is 4. The number of aryl methyl sites for hydroxylation is 1. The zero-order chi connectivity index (χ0) is 44.8. The molecule has 0 aliphatic carbocycles. The number of nitrogens with two attached hydrogens (primary N) is 1. The summed E-state index contributed by atoms with van der Waals surface area (Å²) in [6, 6.07) is 0. The number of H-pyrrole nitrogens is 1. The molecule has 2 rings (SSSR count). The summed E-state index contributed by atoms with van der Waals surface area (Å²) in [7, 11) is -10.5. The number of carbonyl (C=O) groups excluding carboxylic acids is 2. The Balaban J connectivity index is 1.84. The van der Waals surface area contributed by atoms with Crippen LogP contribution in [0.3, 0.4) is 0 Å². The molecule has 0 saturated carbocycles. The van der Waals surface area contributed by atoms with Gasteiger partial charge in [0.2, 0.25) is 5.95 Å². The Kier molecular flexibility index (Phi) is 28.6. The minimum Gasteiger partial charge on any atom is -0.462 e. The standard InChI is InChI=1S/C41H75N5O13P2/c1-3-5-7-9-11-13-15-17-19-21-23-25-36(48)55-31-35(58-37(49)26-24-22-20-18-16-14-12-10-8-6-4-2)32-57-61(53,54)59-60(51,52)56-30-34(29-47)27-28-46-33-43-38-39(46)44-41(42)45-40(38)50/h33-35,47H,3-32H2,1-2H3,(H,51,52)(H,53,54)(H3,42,44,45,50). The molecule has 4 atom stereocenters. The van der Waals surface area contributed by atoms with Gasteiger partial charge in [0.05, 0.1) is 19.5 Å². The van der Waals surface area contributed by atoms with E-state index >= 15 is 0 Å². The number of phosphoric acid groups is 2. The summed E-state index contributed by atoms with van der Waals surface area (Å²) in [4.78, 5) is 68.4. The summed E-state index contributed by atoms with van der Waals surface area (Å²) in [5.74, 6) is -2.01. The lowest BCUT2D eigenvalue weighted by Crippen LogP contribution is -2.29. The van der Waals surface area contributed by atoms with Crippen molar-refractivity contribution in [1.29, 1.82) is 0 Å². The fourth-order valence-electron chi connectivity index (χ4n) is 6.72. The molecule has 20 heteroatoms. The maximum atomic E-state index is 12.8. The zero-order valence-corrected chi connectivity index (χ0v) is 38.5. The Morgan fingerprint density at radius 1 is 0.738 bits per heavy atom. The maximum absolute atomic E-state index is 12.8. The van der Waals surface area contributed by atoms with Crippen molar-refractivity contribution in [3.63, 3.8) is 0 Å². The van der Waals surface area contributed by atoms with Crippen LogP contribution in [0, 0.1) is 5.92 Å². The minimum atomic E-state index is -5.31. The molecule has 6 N–H and O–H groups in total. The number of nitrogens with one attached hydrogen (secondary N) is 1. The number of aromatic amines is 1. The van der Waals surface area contributed by atoms with Crippen molar-refractivity contribution in [3.8, 4) is 0 Å². The highest BCUT2D eigenvalue weighted by Gasteiger charge is 2.37. The van der Waals surface area contributed by atoms with Crippen LogP contribution in [0.15, 0.2) is 11.1 Å². The van der Waals surface area contributed by atoms with Crippen LogP contribution in [-0.2, 0) is 48.1 Å². The van der Waals surface area contributed by atoms with E-state index in [2.05, 4.69) is 33.1 Å². The van der Waals surface area contributed by atoms with Gasteiger partial charge < -0.3 is 34.7 Å². The Bertz CT molecular complexity index is 1660. The van der Waals surface area contributed by atoms with Gasteiger partial charge in [-0.1, -0.05) is 142 Å². The van der Waals surface area contributed by atoms with Crippen molar-refractivity contribution in [1.82, 2.24) is 19.5 Å². The highest BCUT2D eigenvalue weighted by atomic mass is 31.3. The molecular formula is C41H75N5O13P2. The van der Waals surface area contributed by atoms with Crippen molar-refractivity contribution >= 4 is 44.7 Å². The van der Waals surface area contributed by atoms with Gasteiger partial charge in [0.15, 0.2) is 17.3 Å². The van der Waals surface area contributed by atoms with E-state index in [4.69, 9.17) is 24.3 Å². The molecule has 61 heavy (non-hydrogen) atoms. The summed E-state index contributed by atoms with van der Waals surface area (Å²) < 4.78 is 52.1. The first-order valence-corrected chi connectivity index (χ1v) is 25.6. The first-order valence-electron chi connectivity index (χ1n) is 22.6. The molecule has 2 aromatic heterocycles. The van der Waals surface area contributed by atoms with Crippen LogP contribution in [0.5, 0.6) is 0 Å². The summed E-state index contributed by atoms with van der Waals surface area (Å²) in [6.07, 6.45) is 24.9. The zero-order valence-electron chi connectivity index (χ0n) is 36.7. The number of carbonyl (C=O) groups is 2. The molecule has 0 aliphatic heterocycles. The number of aliphatic hydroxyl groups excluding tert-OH is 1. The van der Waals surface area contributed by atoms with Crippen LogP contribution in [0.25, 0.3) is 11.2 Å². The molecule has 2 aromatic rings. The number of rotatable bonds is 39. The fraction of sp³-hybridized carbons (Fsp3) is 0.829. The van der Waals surface area contributed by atoms with Gasteiger partial charge in [-0.2, -0.15) is 9.29 Å². The van der Waals surface area contributed by atoms with E-state index in [1.54, 1.807) is 0 Å². The van der Waals surface area contributed by atoms with Crippen LogP contribution in [0.2, 0.25) is 0 Å². The first kappa shape index (κ1) is 54.4. The molecule has 4 unspecified atom stereocenters. The molecule has 0 aromatic carbocycles. The van der Waals surface area contributed by atoms with E-state index < -0.39 is 71.6 Å². The molecule has 0 aliphatic rings. The van der Waals surface area contributed by atoms with E-state index in [-0.39, 0.29) is 42.9 Å². The van der Waals surface area contributed by atoms with Crippen LogP contribution in [0.1, 0.15) is 174 Å². The highest BCUT2D eigenvalue weighted by Crippen LogP contribution is 2.60. The summed E-state index contributed by atoms with van der Waals surface area (Å²) in [5.41, 5.74) is 5.35. The van der Waals surface area contributed by atoms with Gasteiger partial charge >= 0.3 is 27.6 Å². The van der Waals surface area contributed by atoms with E-state index in [1.807, 2.05) is 0 Å². The summed E-state index contributed by atoms with van der Waals surface area (Å²) in [5, 5.41) is 9.85. The number of ether oxygens (including phenoxy) is 2. The third kappa shape index (κ3) is 25.9. The molecule has 352 valence electrons. The average Bonchev–Trinajstić information content (AvgIpc) is 3.62. The molecule has 0 saturated heterocycles. The second kappa shape index (κ2) is 32.0. The monoisotopic (exact) mass is 907 g/mol. The van der Waals surface area contributed by atoms with Crippen molar-refractivity contribution < 1.29 is 56.4 Å². The Morgan fingerprint density at radius 3 is 1.72 bits per heavy atom. The fourth-order valence-corrected chi connectivity index (χ4v) is 8.90. The molecule has 0 spiro atoms. The lowest BCUT2D eigenvalue weighted by atomic mass is 10.1.